The first-order valence-electron chi connectivity index (χ1n) is 6.53. The van der Waals surface area contributed by atoms with Crippen LogP contribution in [-0.4, -0.2) is 39.1 Å². The van der Waals surface area contributed by atoms with E-state index in [2.05, 4.69) is 0 Å². The minimum absolute atomic E-state index is 0.0461. The fourth-order valence-corrected chi connectivity index (χ4v) is 5.27. The highest BCUT2D eigenvalue weighted by atomic mass is 35.5. The molecular formula is C14H13ClN2O3S2. The molecule has 0 spiro atoms. The molecule has 3 rings (SSSR count). The van der Waals surface area contributed by atoms with E-state index in [1.807, 2.05) is 24.3 Å². The number of nitrogens with two attached hydrogens (primary N) is 1. The molecule has 0 aromatic heterocycles. The van der Waals surface area contributed by atoms with Crippen molar-refractivity contribution < 1.29 is 14.7 Å². The normalized spacial score (nSPS) is 24.1. The molecule has 116 valence electrons. The Morgan fingerprint density at radius 2 is 2.23 bits per heavy atom. The maximum absolute atomic E-state index is 11.9. The average molecular weight is 357 g/mol. The van der Waals surface area contributed by atoms with E-state index in [0.717, 1.165) is 10.5 Å². The van der Waals surface area contributed by atoms with Crippen LogP contribution in [0.25, 0.3) is 0 Å². The third-order valence-electron chi connectivity index (χ3n) is 3.53. The molecule has 2 aliphatic heterocycles. The summed E-state index contributed by atoms with van der Waals surface area (Å²) in [5, 5.41) is 9.23. The number of alkyl halides is 1. The monoisotopic (exact) mass is 356 g/mol. The van der Waals surface area contributed by atoms with Crippen molar-refractivity contribution in [1.29, 1.82) is 0 Å². The first-order chi connectivity index (χ1) is 10.5. The summed E-state index contributed by atoms with van der Waals surface area (Å²) in [6, 6.07) is 6.96. The summed E-state index contributed by atoms with van der Waals surface area (Å²) >= 11 is 8.77. The van der Waals surface area contributed by atoms with Gasteiger partial charge in [-0.15, -0.1) is 23.4 Å². The number of β-lactam (4-membered cyclic amide) rings is 1. The molecule has 22 heavy (non-hydrogen) atoms. The van der Waals surface area contributed by atoms with Crippen LogP contribution in [0.5, 0.6) is 0 Å². The second-order valence-electron chi connectivity index (χ2n) is 4.86. The van der Waals surface area contributed by atoms with E-state index in [1.54, 1.807) is 0 Å². The van der Waals surface area contributed by atoms with Gasteiger partial charge in [-0.2, -0.15) is 0 Å². The lowest BCUT2D eigenvalue weighted by Crippen LogP contribution is -2.68. The van der Waals surface area contributed by atoms with Crippen molar-refractivity contribution >= 4 is 47.0 Å². The van der Waals surface area contributed by atoms with Crippen molar-refractivity contribution in [2.24, 2.45) is 5.73 Å². The van der Waals surface area contributed by atoms with Gasteiger partial charge in [-0.1, -0.05) is 30.0 Å². The van der Waals surface area contributed by atoms with Crippen LogP contribution in [0, 0.1) is 0 Å². The van der Waals surface area contributed by atoms with E-state index >= 15 is 0 Å². The molecule has 2 aliphatic rings. The van der Waals surface area contributed by atoms with Gasteiger partial charge in [0.25, 0.3) is 0 Å². The molecule has 3 N–H and O–H groups in total. The van der Waals surface area contributed by atoms with Gasteiger partial charge in [0.15, 0.2) is 0 Å². The maximum atomic E-state index is 11.9. The first kappa shape index (κ1) is 15.7. The lowest BCUT2D eigenvalue weighted by Gasteiger charge is -2.47. The quantitative estimate of drug-likeness (QED) is 0.634. The summed E-state index contributed by atoms with van der Waals surface area (Å²) in [4.78, 5) is 26.4. The van der Waals surface area contributed by atoms with Crippen molar-refractivity contribution in [3.05, 3.63) is 40.4 Å². The van der Waals surface area contributed by atoms with Gasteiger partial charge >= 0.3 is 5.97 Å². The largest absolute Gasteiger partial charge is 0.477 e. The minimum atomic E-state index is -1.10. The molecular weight excluding hydrogens is 344 g/mol. The highest BCUT2D eigenvalue weighted by Crippen LogP contribution is 2.45. The summed E-state index contributed by atoms with van der Waals surface area (Å²) in [5.74, 6) is -0.567. The van der Waals surface area contributed by atoms with Gasteiger partial charge in [0, 0.05) is 21.4 Å². The van der Waals surface area contributed by atoms with E-state index in [-0.39, 0.29) is 17.0 Å². The zero-order valence-electron chi connectivity index (χ0n) is 11.4. The zero-order valence-corrected chi connectivity index (χ0v) is 13.7. The van der Waals surface area contributed by atoms with E-state index in [4.69, 9.17) is 17.3 Å². The van der Waals surface area contributed by atoms with E-state index in [9.17, 15) is 14.7 Å². The summed E-state index contributed by atoms with van der Waals surface area (Å²) in [6.45, 7) is 0. The molecule has 1 saturated heterocycles. The highest BCUT2D eigenvalue weighted by molar-refractivity contribution is 8.06. The van der Waals surface area contributed by atoms with Crippen LogP contribution in [0.1, 0.15) is 5.56 Å². The Hall–Kier alpha value is -1.15. The van der Waals surface area contributed by atoms with Crippen LogP contribution in [0.2, 0.25) is 0 Å². The van der Waals surface area contributed by atoms with E-state index in [0.29, 0.717) is 16.5 Å². The van der Waals surface area contributed by atoms with Crippen LogP contribution in [0.15, 0.2) is 39.8 Å². The smallest absolute Gasteiger partial charge is 0.353 e. The number of carboxylic acid groups (broad SMARTS) is 1. The minimum Gasteiger partial charge on any atom is -0.477 e. The van der Waals surface area contributed by atoms with Crippen molar-refractivity contribution in [3.8, 4) is 0 Å². The predicted molar refractivity (Wildman–Crippen MR) is 87.6 cm³/mol. The molecule has 0 bridgehead atoms. The van der Waals surface area contributed by atoms with Crippen molar-refractivity contribution in [2.75, 3.05) is 5.75 Å². The highest BCUT2D eigenvalue weighted by Gasteiger charge is 2.51. The Morgan fingerprint density at radius 1 is 1.50 bits per heavy atom. The second-order valence-corrected chi connectivity index (χ2v) is 7.36. The summed E-state index contributed by atoms with van der Waals surface area (Å²) in [5.41, 5.74) is 6.71. The number of amides is 1. The summed E-state index contributed by atoms with van der Waals surface area (Å²) in [6.07, 6.45) is 0. The molecule has 0 saturated carbocycles. The third-order valence-corrected chi connectivity index (χ3v) is 6.50. The Kier molecular flexibility index (Phi) is 4.40. The topological polar surface area (TPSA) is 83.6 Å². The van der Waals surface area contributed by atoms with Crippen LogP contribution >= 0.6 is 35.1 Å². The average Bonchev–Trinajstić information content (AvgIpc) is 2.53. The van der Waals surface area contributed by atoms with Gasteiger partial charge in [0.2, 0.25) is 5.91 Å². The number of rotatable bonds is 4. The standard InChI is InChI=1S/C14H13ClN2O3S2/c15-5-7-3-1-2-4-8(7)22-9-6-21-13-10(16)12(18)17(13)11(9)14(19)20/h1-4,10,13H,5-6,16H2,(H,19,20)/t10-,13-/m1/s1. The van der Waals surface area contributed by atoms with Gasteiger partial charge < -0.3 is 10.8 Å². The van der Waals surface area contributed by atoms with Crippen molar-refractivity contribution in [1.82, 2.24) is 4.90 Å². The Balaban J connectivity index is 1.97. The van der Waals surface area contributed by atoms with Crippen LogP contribution < -0.4 is 5.73 Å². The number of hydrogen-bond donors (Lipinski definition) is 2. The molecule has 0 aliphatic carbocycles. The molecule has 8 heteroatoms. The van der Waals surface area contributed by atoms with Crippen LogP contribution in [0.3, 0.4) is 0 Å². The molecule has 1 aromatic carbocycles. The van der Waals surface area contributed by atoms with Crippen LogP contribution in [0.4, 0.5) is 0 Å². The first-order valence-corrected chi connectivity index (χ1v) is 8.93. The number of fused-ring (bicyclic) bond motifs is 1. The number of benzene rings is 1. The summed E-state index contributed by atoms with van der Waals surface area (Å²) < 4.78 is 0. The molecule has 0 unspecified atom stereocenters. The number of carbonyl (C=O) groups excluding carboxylic acids is 1. The molecule has 1 fully saturated rings. The Labute approximate surface area is 140 Å². The Bertz CT molecular complexity index is 680. The van der Waals surface area contributed by atoms with Crippen molar-refractivity contribution in [3.63, 3.8) is 0 Å². The van der Waals surface area contributed by atoms with Gasteiger partial charge in [-0.3, -0.25) is 9.69 Å². The molecule has 2 atom stereocenters. The second kappa shape index (κ2) is 6.16. The van der Waals surface area contributed by atoms with E-state index in [1.165, 1.54) is 28.4 Å². The number of carbonyl (C=O) groups is 2. The number of halogens is 1. The number of hydrogen-bond acceptors (Lipinski definition) is 5. The maximum Gasteiger partial charge on any atom is 0.353 e. The van der Waals surface area contributed by atoms with Gasteiger partial charge in [-0.05, 0) is 11.6 Å². The van der Waals surface area contributed by atoms with Gasteiger partial charge in [0.1, 0.15) is 17.1 Å². The SMILES string of the molecule is N[C@@H]1C(=O)N2C(C(=O)O)=C(Sc3ccccc3CCl)CS[C@H]12. The van der Waals surface area contributed by atoms with Crippen LogP contribution in [-0.2, 0) is 15.5 Å². The van der Waals surface area contributed by atoms with Gasteiger partial charge in [0.05, 0.1) is 0 Å². The molecule has 1 amide bonds. The lowest BCUT2D eigenvalue weighted by molar-refractivity contribution is -0.147. The molecule has 5 nitrogen and oxygen atoms in total. The summed E-state index contributed by atoms with van der Waals surface area (Å²) in [7, 11) is 0. The predicted octanol–water partition coefficient (Wildman–Crippen LogP) is 2.06. The van der Waals surface area contributed by atoms with E-state index < -0.39 is 12.0 Å². The third kappa shape index (κ3) is 2.52. The molecule has 1 aromatic rings. The van der Waals surface area contributed by atoms with Gasteiger partial charge in [-0.25, -0.2) is 4.79 Å². The molecule has 0 radical (unpaired) electrons. The number of aliphatic carboxylic acids is 1. The number of thioether (sulfide) groups is 2. The number of nitrogens with zero attached hydrogens (tertiary/aromatic N) is 1. The lowest BCUT2D eigenvalue weighted by atomic mass is 10.1. The fraction of sp³-hybridized carbons (Fsp3) is 0.286. The molecule has 2 heterocycles. The zero-order chi connectivity index (χ0) is 15.9. The Morgan fingerprint density at radius 3 is 2.91 bits per heavy atom. The van der Waals surface area contributed by atoms with Crippen molar-refractivity contribution in [2.45, 2.75) is 22.2 Å². The fourth-order valence-electron chi connectivity index (χ4n) is 2.41. The number of carboxylic acids is 1.